The van der Waals surface area contributed by atoms with E-state index in [1.54, 1.807) is 0 Å². The molecule has 0 aliphatic heterocycles. The maximum Gasteiger partial charge on any atom is 0.122 e. The Hall–Kier alpha value is -1.88. The minimum absolute atomic E-state index is 0.0825. The van der Waals surface area contributed by atoms with E-state index in [1.165, 1.54) is 22.3 Å². The largest absolute Gasteiger partial charge is 0.491 e. The van der Waals surface area contributed by atoms with E-state index < -0.39 is 11.7 Å². The zero-order chi connectivity index (χ0) is 24.1. The van der Waals surface area contributed by atoms with Gasteiger partial charge >= 0.3 is 0 Å². The molecule has 0 spiro atoms. The Morgan fingerprint density at radius 3 is 2.12 bits per heavy atom. The van der Waals surface area contributed by atoms with E-state index in [1.807, 2.05) is 13.0 Å². The van der Waals surface area contributed by atoms with Crippen molar-refractivity contribution in [1.29, 1.82) is 0 Å². The molecule has 1 unspecified atom stereocenters. The normalized spacial score (nSPS) is 16.7. The van der Waals surface area contributed by atoms with Crippen LogP contribution in [0.15, 0.2) is 36.4 Å². The maximum absolute atomic E-state index is 10.7. The van der Waals surface area contributed by atoms with Gasteiger partial charge in [0.25, 0.3) is 0 Å². The summed E-state index contributed by atoms with van der Waals surface area (Å²) in [6.07, 6.45) is 7.07. The molecule has 1 saturated carbocycles. The fourth-order valence-corrected chi connectivity index (χ4v) is 5.51. The molecule has 1 atom stereocenters. The highest BCUT2D eigenvalue weighted by molar-refractivity contribution is 5.47. The smallest absolute Gasteiger partial charge is 0.122 e. The third-order valence-corrected chi connectivity index (χ3v) is 7.87. The van der Waals surface area contributed by atoms with Crippen molar-refractivity contribution < 1.29 is 20.1 Å². The van der Waals surface area contributed by atoms with E-state index in [-0.39, 0.29) is 18.6 Å². The Morgan fingerprint density at radius 2 is 1.58 bits per heavy atom. The Bertz CT molecular complexity index is 910. The predicted molar refractivity (Wildman–Crippen MR) is 134 cm³/mol. The lowest BCUT2D eigenvalue weighted by molar-refractivity contribution is 0.0391. The third kappa shape index (κ3) is 5.79. The highest BCUT2D eigenvalue weighted by Crippen LogP contribution is 2.41. The summed E-state index contributed by atoms with van der Waals surface area (Å²) in [4.78, 5) is 0. The van der Waals surface area contributed by atoms with Crippen LogP contribution in [0.5, 0.6) is 5.75 Å². The quantitative estimate of drug-likeness (QED) is 0.426. The van der Waals surface area contributed by atoms with Crippen molar-refractivity contribution in [2.24, 2.45) is 0 Å². The summed E-state index contributed by atoms with van der Waals surface area (Å²) in [6.45, 7) is 8.50. The van der Waals surface area contributed by atoms with Crippen LogP contribution in [-0.2, 0) is 11.8 Å². The lowest BCUT2D eigenvalue weighted by Crippen LogP contribution is -2.27. The Labute approximate surface area is 199 Å². The van der Waals surface area contributed by atoms with Gasteiger partial charge in [0.05, 0.1) is 12.2 Å². The van der Waals surface area contributed by atoms with Gasteiger partial charge in [-0.05, 0) is 86.3 Å². The minimum atomic E-state index is -0.870. The van der Waals surface area contributed by atoms with Crippen LogP contribution in [-0.4, -0.2) is 40.2 Å². The molecular formula is C29H42O4. The van der Waals surface area contributed by atoms with Crippen molar-refractivity contribution in [3.8, 4) is 5.75 Å². The van der Waals surface area contributed by atoms with E-state index in [0.717, 1.165) is 62.7 Å². The number of aliphatic hydroxyl groups is 3. The molecule has 182 valence electrons. The summed E-state index contributed by atoms with van der Waals surface area (Å²) >= 11 is 0. The zero-order valence-corrected chi connectivity index (χ0v) is 20.9. The number of aliphatic hydroxyl groups excluding tert-OH is 2. The lowest BCUT2D eigenvalue weighted by atomic mass is 9.69. The molecule has 0 saturated heterocycles. The first kappa shape index (κ1) is 25.7. The SMILES string of the molecule is CCC(CC)(c1ccc(CCC2(O)CCCC2)c(C)c1)c1ccc(OCC(O)CO)c(C)c1. The fourth-order valence-electron chi connectivity index (χ4n) is 5.51. The number of rotatable bonds is 11. The van der Waals surface area contributed by atoms with Crippen molar-refractivity contribution in [1.82, 2.24) is 0 Å². The van der Waals surface area contributed by atoms with Gasteiger partial charge in [0, 0.05) is 5.41 Å². The number of hydrogen-bond donors (Lipinski definition) is 3. The molecule has 0 radical (unpaired) electrons. The fraction of sp³-hybridized carbons (Fsp3) is 0.586. The van der Waals surface area contributed by atoms with E-state index in [0.29, 0.717) is 0 Å². The topological polar surface area (TPSA) is 69.9 Å². The predicted octanol–water partition coefficient (Wildman–Crippen LogP) is 5.38. The Kier molecular flexibility index (Phi) is 8.60. The van der Waals surface area contributed by atoms with Crippen LogP contribution < -0.4 is 4.74 Å². The van der Waals surface area contributed by atoms with Crippen LogP contribution in [0.25, 0.3) is 0 Å². The molecule has 3 N–H and O–H groups in total. The monoisotopic (exact) mass is 454 g/mol. The Balaban J connectivity index is 1.83. The standard InChI is InChI=1S/C29H42O4/c1-5-29(6-2,25-11-12-27(22(4)18-25)33-20-26(31)19-30)24-10-9-23(21(3)17-24)13-16-28(32)14-7-8-15-28/h9-12,17-18,26,30-32H,5-8,13-16,19-20H2,1-4H3. The molecular weight excluding hydrogens is 412 g/mol. The molecule has 1 aliphatic carbocycles. The molecule has 0 bridgehead atoms. The summed E-state index contributed by atoms with van der Waals surface area (Å²) in [7, 11) is 0. The van der Waals surface area contributed by atoms with Gasteiger partial charge in [0.15, 0.2) is 0 Å². The van der Waals surface area contributed by atoms with E-state index in [2.05, 4.69) is 51.1 Å². The minimum Gasteiger partial charge on any atom is -0.491 e. The van der Waals surface area contributed by atoms with Crippen LogP contribution in [0.1, 0.15) is 86.6 Å². The van der Waals surface area contributed by atoms with Crippen LogP contribution in [0.3, 0.4) is 0 Å². The van der Waals surface area contributed by atoms with Gasteiger partial charge in [-0.25, -0.2) is 0 Å². The molecule has 0 aromatic heterocycles. The van der Waals surface area contributed by atoms with Crippen molar-refractivity contribution in [3.63, 3.8) is 0 Å². The van der Waals surface area contributed by atoms with Gasteiger partial charge in [0.1, 0.15) is 18.5 Å². The van der Waals surface area contributed by atoms with E-state index >= 15 is 0 Å². The van der Waals surface area contributed by atoms with Crippen molar-refractivity contribution in [2.45, 2.75) is 96.2 Å². The Morgan fingerprint density at radius 1 is 0.970 bits per heavy atom. The van der Waals surface area contributed by atoms with Crippen LogP contribution >= 0.6 is 0 Å². The average Bonchev–Trinajstić information content (AvgIpc) is 3.25. The highest BCUT2D eigenvalue weighted by Gasteiger charge is 2.33. The van der Waals surface area contributed by atoms with Gasteiger partial charge in [-0.15, -0.1) is 0 Å². The second-order valence-electron chi connectivity index (χ2n) is 9.99. The lowest BCUT2D eigenvalue weighted by Gasteiger charge is -2.34. The molecule has 4 nitrogen and oxygen atoms in total. The molecule has 2 aromatic carbocycles. The molecule has 33 heavy (non-hydrogen) atoms. The summed E-state index contributed by atoms with van der Waals surface area (Å²) in [6, 6.07) is 13.2. The summed E-state index contributed by atoms with van der Waals surface area (Å²) in [5.41, 5.74) is 5.72. The van der Waals surface area contributed by atoms with Crippen molar-refractivity contribution >= 4 is 0 Å². The van der Waals surface area contributed by atoms with Gasteiger partial charge < -0.3 is 20.1 Å². The van der Waals surface area contributed by atoms with Crippen LogP contribution in [0.4, 0.5) is 0 Å². The number of benzene rings is 2. The number of hydrogen-bond acceptors (Lipinski definition) is 4. The van der Waals surface area contributed by atoms with Crippen LogP contribution in [0.2, 0.25) is 0 Å². The van der Waals surface area contributed by atoms with Gasteiger partial charge in [-0.3, -0.25) is 0 Å². The maximum atomic E-state index is 10.7. The number of ether oxygens (including phenoxy) is 1. The van der Waals surface area contributed by atoms with Crippen molar-refractivity contribution in [3.05, 3.63) is 64.2 Å². The molecule has 0 amide bonds. The van der Waals surface area contributed by atoms with Crippen molar-refractivity contribution in [2.75, 3.05) is 13.2 Å². The van der Waals surface area contributed by atoms with Gasteiger partial charge in [0.2, 0.25) is 0 Å². The second kappa shape index (κ2) is 11.0. The first-order valence-corrected chi connectivity index (χ1v) is 12.6. The van der Waals surface area contributed by atoms with E-state index in [4.69, 9.17) is 9.84 Å². The average molecular weight is 455 g/mol. The molecule has 0 heterocycles. The third-order valence-electron chi connectivity index (χ3n) is 7.87. The molecule has 1 aliphatic rings. The van der Waals surface area contributed by atoms with Gasteiger partial charge in [-0.2, -0.15) is 0 Å². The molecule has 1 fully saturated rings. The first-order chi connectivity index (χ1) is 15.8. The molecule has 3 rings (SSSR count). The highest BCUT2D eigenvalue weighted by atomic mass is 16.5. The molecule has 2 aromatic rings. The zero-order valence-electron chi connectivity index (χ0n) is 20.9. The summed E-state index contributed by atoms with van der Waals surface area (Å²) in [5, 5.41) is 29.4. The first-order valence-electron chi connectivity index (χ1n) is 12.6. The van der Waals surface area contributed by atoms with E-state index in [9.17, 15) is 10.2 Å². The molecule has 4 heteroatoms. The summed E-state index contributed by atoms with van der Waals surface area (Å²) in [5.74, 6) is 0.740. The number of aryl methyl sites for hydroxylation is 3. The van der Waals surface area contributed by atoms with Gasteiger partial charge in [-0.1, -0.05) is 57.0 Å². The van der Waals surface area contributed by atoms with Crippen LogP contribution in [0, 0.1) is 13.8 Å². The second-order valence-corrected chi connectivity index (χ2v) is 9.99. The summed E-state index contributed by atoms with van der Waals surface area (Å²) < 4.78 is 5.71.